The average molecular weight is 213 g/mol. The number of hydrogen-bond acceptors (Lipinski definition) is 5. The number of carbonyl (C=O) groups is 1. The molecule has 0 saturated carbocycles. The van der Waals surface area contributed by atoms with Crippen LogP contribution in [0.15, 0.2) is 5.38 Å². The van der Waals surface area contributed by atoms with Crippen LogP contribution in [0, 0.1) is 0 Å². The number of amides is 1. The number of β-amino-alcohol motifs (C(OH)–C–C–N with tert-alkyl or cyclic N) is 1. The first-order valence-corrected chi connectivity index (χ1v) is 5.23. The van der Waals surface area contributed by atoms with Gasteiger partial charge in [-0.1, -0.05) is 0 Å². The second-order valence-corrected chi connectivity index (χ2v) is 4.15. The number of thiazole rings is 1. The molecule has 1 aromatic rings. The molecule has 5 nitrogen and oxygen atoms in total. The molecule has 2 heterocycles. The van der Waals surface area contributed by atoms with Crippen LogP contribution < -0.4 is 5.73 Å². The van der Waals surface area contributed by atoms with E-state index in [9.17, 15) is 9.90 Å². The normalized spacial score (nSPS) is 21.5. The third-order valence-electron chi connectivity index (χ3n) is 2.19. The fraction of sp³-hybridized carbons (Fsp3) is 0.500. The highest BCUT2D eigenvalue weighted by atomic mass is 32.1. The van der Waals surface area contributed by atoms with Gasteiger partial charge < -0.3 is 15.7 Å². The third-order valence-corrected chi connectivity index (χ3v) is 2.87. The summed E-state index contributed by atoms with van der Waals surface area (Å²) in [6.45, 7) is 0.994. The highest BCUT2D eigenvalue weighted by Crippen LogP contribution is 2.16. The number of aromatic nitrogens is 1. The number of aliphatic hydroxyl groups excluding tert-OH is 1. The van der Waals surface area contributed by atoms with Crippen LogP contribution in [0.5, 0.6) is 0 Å². The maximum atomic E-state index is 11.7. The molecule has 1 aromatic heterocycles. The maximum absolute atomic E-state index is 11.7. The molecular formula is C8H11N3O2S. The fourth-order valence-corrected chi connectivity index (χ4v) is 2.01. The van der Waals surface area contributed by atoms with Crippen molar-refractivity contribution in [1.29, 1.82) is 0 Å². The number of hydrogen-bond donors (Lipinski definition) is 2. The lowest BCUT2D eigenvalue weighted by molar-refractivity contribution is 0.0760. The Labute approximate surface area is 85.2 Å². The number of nitrogen functional groups attached to an aromatic ring is 1. The van der Waals surface area contributed by atoms with Gasteiger partial charge in [0.15, 0.2) is 5.13 Å². The Morgan fingerprint density at radius 1 is 1.79 bits per heavy atom. The zero-order chi connectivity index (χ0) is 10.1. The molecule has 0 spiro atoms. The predicted octanol–water partition coefficient (Wildman–Crippen LogP) is -0.0679. The van der Waals surface area contributed by atoms with E-state index >= 15 is 0 Å². The van der Waals surface area contributed by atoms with Gasteiger partial charge in [0.2, 0.25) is 0 Å². The van der Waals surface area contributed by atoms with Crippen LogP contribution in [0.1, 0.15) is 16.9 Å². The molecule has 0 unspecified atom stereocenters. The van der Waals surface area contributed by atoms with E-state index in [2.05, 4.69) is 4.98 Å². The topological polar surface area (TPSA) is 79.5 Å². The van der Waals surface area contributed by atoms with Gasteiger partial charge in [-0.25, -0.2) is 4.98 Å². The second kappa shape index (κ2) is 3.55. The maximum Gasteiger partial charge on any atom is 0.273 e. The molecule has 1 atom stereocenters. The van der Waals surface area contributed by atoms with E-state index in [1.165, 1.54) is 11.3 Å². The van der Waals surface area contributed by atoms with Crippen LogP contribution in [0.4, 0.5) is 5.13 Å². The Bertz CT molecular complexity index is 352. The molecule has 76 valence electrons. The molecule has 1 aliphatic heterocycles. The number of likely N-dealkylation sites (tertiary alicyclic amines) is 1. The number of anilines is 1. The van der Waals surface area contributed by atoms with E-state index in [-0.39, 0.29) is 5.91 Å². The van der Waals surface area contributed by atoms with Crippen LogP contribution in [-0.4, -0.2) is 40.1 Å². The highest BCUT2D eigenvalue weighted by molar-refractivity contribution is 7.13. The number of nitrogens with zero attached hydrogens (tertiary/aromatic N) is 2. The minimum Gasteiger partial charge on any atom is -0.391 e. The molecule has 0 aliphatic carbocycles. The Hall–Kier alpha value is -1.14. The van der Waals surface area contributed by atoms with Gasteiger partial charge in [0.1, 0.15) is 5.69 Å². The van der Waals surface area contributed by atoms with Gasteiger partial charge in [-0.15, -0.1) is 11.3 Å². The Morgan fingerprint density at radius 3 is 3.07 bits per heavy atom. The Balaban J connectivity index is 2.09. The van der Waals surface area contributed by atoms with E-state index in [4.69, 9.17) is 5.73 Å². The van der Waals surface area contributed by atoms with Crippen LogP contribution in [-0.2, 0) is 0 Å². The average Bonchev–Trinajstić information content (AvgIpc) is 2.73. The van der Waals surface area contributed by atoms with Crippen LogP contribution >= 0.6 is 11.3 Å². The quantitative estimate of drug-likeness (QED) is 0.684. The highest BCUT2D eigenvalue weighted by Gasteiger charge is 2.26. The molecule has 1 saturated heterocycles. The van der Waals surface area contributed by atoms with Crippen LogP contribution in [0.3, 0.4) is 0 Å². The van der Waals surface area contributed by atoms with Crippen molar-refractivity contribution < 1.29 is 9.90 Å². The van der Waals surface area contributed by atoms with Gasteiger partial charge in [-0.05, 0) is 6.42 Å². The van der Waals surface area contributed by atoms with E-state index in [1.54, 1.807) is 10.3 Å². The van der Waals surface area contributed by atoms with Crippen molar-refractivity contribution in [2.45, 2.75) is 12.5 Å². The summed E-state index contributed by atoms with van der Waals surface area (Å²) < 4.78 is 0. The van der Waals surface area contributed by atoms with Gasteiger partial charge in [-0.2, -0.15) is 0 Å². The van der Waals surface area contributed by atoms with Crippen molar-refractivity contribution in [1.82, 2.24) is 9.88 Å². The first-order valence-electron chi connectivity index (χ1n) is 4.35. The number of nitrogens with two attached hydrogens (primary N) is 1. The number of aliphatic hydroxyl groups is 1. The summed E-state index contributed by atoms with van der Waals surface area (Å²) in [5.41, 5.74) is 5.81. The lowest BCUT2D eigenvalue weighted by Crippen LogP contribution is -2.29. The zero-order valence-electron chi connectivity index (χ0n) is 7.51. The van der Waals surface area contributed by atoms with E-state index in [1.807, 2.05) is 0 Å². The molecule has 1 aliphatic rings. The molecule has 1 amide bonds. The van der Waals surface area contributed by atoms with Crippen molar-refractivity contribution in [3.63, 3.8) is 0 Å². The summed E-state index contributed by atoms with van der Waals surface area (Å²) in [5.74, 6) is -0.144. The number of carbonyl (C=O) groups excluding carboxylic acids is 1. The summed E-state index contributed by atoms with van der Waals surface area (Å²) >= 11 is 1.25. The summed E-state index contributed by atoms with van der Waals surface area (Å²) in [6.07, 6.45) is 0.251. The van der Waals surface area contributed by atoms with Crippen molar-refractivity contribution in [3.05, 3.63) is 11.1 Å². The predicted molar refractivity (Wildman–Crippen MR) is 53.1 cm³/mol. The Morgan fingerprint density at radius 2 is 2.57 bits per heavy atom. The van der Waals surface area contributed by atoms with Gasteiger partial charge in [-0.3, -0.25) is 4.79 Å². The van der Waals surface area contributed by atoms with E-state index < -0.39 is 6.10 Å². The van der Waals surface area contributed by atoms with Crippen molar-refractivity contribution in [2.75, 3.05) is 18.8 Å². The minimum atomic E-state index is -0.394. The second-order valence-electron chi connectivity index (χ2n) is 3.26. The lowest BCUT2D eigenvalue weighted by atomic mass is 10.3. The lowest BCUT2D eigenvalue weighted by Gasteiger charge is -2.13. The summed E-state index contributed by atoms with van der Waals surface area (Å²) in [7, 11) is 0. The van der Waals surface area contributed by atoms with E-state index in [0.717, 1.165) is 0 Å². The standard InChI is InChI=1S/C8H11N3O2S/c9-8-10-6(4-14-8)7(13)11-2-1-5(12)3-11/h4-5,12H,1-3H2,(H2,9,10)/t5-/m1/s1. The molecule has 3 N–H and O–H groups in total. The monoisotopic (exact) mass is 213 g/mol. The van der Waals surface area contributed by atoms with E-state index in [0.29, 0.717) is 30.3 Å². The van der Waals surface area contributed by atoms with Crippen molar-refractivity contribution >= 4 is 22.4 Å². The molecule has 6 heteroatoms. The summed E-state index contributed by atoms with van der Waals surface area (Å²) in [5, 5.41) is 11.3. The third kappa shape index (κ3) is 1.71. The summed E-state index contributed by atoms with van der Waals surface area (Å²) in [6, 6.07) is 0. The number of rotatable bonds is 1. The molecule has 2 rings (SSSR count). The molecule has 0 bridgehead atoms. The van der Waals surface area contributed by atoms with Crippen molar-refractivity contribution in [2.24, 2.45) is 0 Å². The van der Waals surface area contributed by atoms with Crippen molar-refractivity contribution in [3.8, 4) is 0 Å². The zero-order valence-corrected chi connectivity index (χ0v) is 8.33. The largest absolute Gasteiger partial charge is 0.391 e. The molecular weight excluding hydrogens is 202 g/mol. The molecule has 1 fully saturated rings. The van der Waals surface area contributed by atoms with Crippen LogP contribution in [0.2, 0.25) is 0 Å². The smallest absolute Gasteiger partial charge is 0.273 e. The molecule has 14 heavy (non-hydrogen) atoms. The SMILES string of the molecule is Nc1nc(C(=O)N2CC[C@@H](O)C2)cs1. The van der Waals surface area contributed by atoms with Gasteiger partial charge in [0, 0.05) is 18.5 Å². The fourth-order valence-electron chi connectivity index (χ4n) is 1.47. The molecule has 0 radical (unpaired) electrons. The minimum absolute atomic E-state index is 0.144. The molecule has 0 aromatic carbocycles. The summed E-state index contributed by atoms with van der Waals surface area (Å²) in [4.78, 5) is 17.2. The Kier molecular flexibility index (Phi) is 2.39. The first-order chi connectivity index (χ1) is 6.66. The van der Waals surface area contributed by atoms with Gasteiger partial charge >= 0.3 is 0 Å². The van der Waals surface area contributed by atoms with Crippen LogP contribution in [0.25, 0.3) is 0 Å². The van der Waals surface area contributed by atoms with Gasteiger partial charge in [0.05, 0.1) is 6.10 Å². The first kappa shape index (κ1) is 9.42. The van der Waals surface area contributed by atoms with Gasteiger partial charge in [0.25, 0.3) is 5.91 Å².